The van der Waals surface area contributed by atoms with Crippen LogP contribution in [0.2, 0.25) is 0 Å². The molecule has 0 aliphatic rings. The minimum Gasteiger partial charge on any atom is -0.451 e. The molecule has 1 N–H and O–H groups in total. The normalized spacial score (nSPS) is 11.2. The number of nitrogens with one attached hydrogen (secondary N) is 1. The van der Waals surface area contributed by atoms with Crippen LogP contribution in [-0.2, 0) is 20.9 Å². The van der Waals surface area contributed by atoms with Crippen LogP contribution in [-0.4, -0.2) is 46.9 Å². The lowest BCUT2D eigenvalue weighted by atomic mass is 10.1. The monoisotopic (exact) mass is 492 g/mol. The molecule has 2 rings (SSSR count). The second-order valence-electron chi connectivity index (χ2n) is 9.01. The number of carbonyl (C=O) groups is 3. The van der Waals surface area contributed by atoms with Crippen LogP contribution in [0.15, 0.2) is 35.9 Å². The van der Waals surface area contributed by atoms with Crippen molar-refractivity contribution in [3.8, 4) is 6.07 Å². The van der Waals surface area contributed by atoms with Crippen molar-refractivity contribution in [3.05, 3.63) is 58.4 Å². The van der Waals surface area contributed by atoms with E-state index in [0.29, 0.717) is 30.3 Å². The van der Waals surface area contributed by atoms with Crippen molar-refractivity contribution in [3.63, 3.8) is 0 Å². The average molecular weight is 493 g/mol. The van der Waals surface area contributed by atoms with Gasteiger partial charge in [0, 0.05) is 42.3 Å². The van der Waals surface area contributed by atoms with Crippen LogP contribution in [0.5, 0.6) is 0 Å². The lowest BCUT2D eigenvalue weighted by Gasteiger charge is -2.18. The van der Waals surface area contributed by atoms with Crippen LogP contribution in [0.25, 0.3) is 6.08 Å². The first-order valence-corrected chi connectivity index (χ1v) is 12.3. The largest absolute Gasteiger partial charge is 0.451 e. The maximum absolute atomic E-state index is 12.5. The summed E-state index contributed by atoms with van der Waals surface area (Å²) < 4.78 is 7.24. The number of hydrogen-bond acceptors (Lipinski definition) is 5. The second-order valence-corrected chi connectivity index (χ2v) is 9.01. The quantitative estimate of drug-likeness (QED) is 0.278. The van der Waals surface area contributed by atoms with Crippen LogP contribution in [0.3, 0.4) is 0 Å². The van der Waals surface area contributed by atoms with E-state index in [1.54, 1.807) is 29.2 Å². The van der Waals surface area contributed by atoms with Gasteiger partial charge in [0.2, 0.25) is 0 Å². The zero-order valence-electron chi connectivity index (χ0n) is 22.1. The predicted molar refractivity (Wildman–Crippen MR) is 140 cm³/mol. The van der Waals surface area contributed by atoms with Gasteiger partial charge in [0.05, 0.1) is 0 Å². The zero-order valence-corrected chi connectivity index (χ0v) is 22.1. The SMILES string of the molecule is CCN(CC)C(=O)c1ccc(NC(=O)COC(=O)/C(C#N)=C/c2cc(C)n(CCC(C)C)c2C)cc1. The third-order valence-corrected chi connectivity index (χ3v) is 5.98. The lowest BCUT2D eigenvalue weighted by molar-refractivity contribution is -0.142. The van der Waals surface area contributed by atoms with Crippen LogP contribution in [0.4, 0.5) is 5.69 Å². The fourth-order valence-electron chi connectivity index (χ4n) is 3.79. The first kappa shape index (κ1) is 28.4. The maximum Gasteiger partial charge on any atom is 0.349 e. The molecule has 0 aliphatic carbocycles. The molecule has 1 aromatic carbocycles. The first-order valence-electron chi connectivity index (χ1n) is 12.3. The van der Waals surface area contributed by atoms with E-state index in [4.69, 9.17) is 4.74 Å². The van der Waals surface area contributed by atoms with E-state index in [2.05, 4.69) is 23.7 Å². The van der Waals surface area contributed by atoms with Gasteiger partial charge in [-0.2, -0.15) is 5.26 Å². The van der Waals surface area contributed by atoms with Gasteiger partial charge >= 0.3 is 5.97 Å². The number of ether oxygens (including phenoxy) is 1. The topological polar surface area (TPSA) is 104 Å². The van der Waals surface area contributed by atoms with E-state index in [0.717, 1.165) is 29.9 Å². The van der Waals surface area contributed by atoms with Crippen molar-refractivity contribution in [1.82, 2.24) is 9.47 Å². The molecule has 192 valence electrons. The Labute approximate surface area is 213 Å². The number of aryl methyl sites for hydroxylation is 1. The minimum absolute atomic E-state index is 0.0803. The number of rotatable bonds is 11. The number of esters is 1. The van der Waals surface area contributed by atoms with Gasteiger partial charge in [-0.1, -0.05) is 13.8 Å². The molecule has 0 atom stereocenters. The van der Waals surface area contributed by atoms with Crippen molar-refractivity contribution >= 4 is 29.5 Å². The number of amides is 2. The molecule has 36 heavy (non-hydrogen) atoms. The molecule has 0 spiro atoms. The van der Waals surface area contributed by atoms with Gasteiger partial charge in [0.25, 0.3) is 11.8 Å². The van der Waals surface area contributed by atoms with E-state index in [1.165, 1.54) is 6.08 Å². The van der Waals surface area contributed by atoms with E-state index in [9.17, 15) is 19.6 Å². The van der Waals surface area contributed by atoms with E-state index in [1.807, 2.05) is 39.8 Å². The molecule has 2 aromatic rings. The highest BCUT2D eigenvalue weighted by atomic mass is 16.5. The molecule has 1 aromatic heterocycles. The minimum atomic E-state index is -0.861. The molecule has 8 nitrogen and oxygen atoms in total. The lowest BCUT2D eigenvalue weighted by Crippen LogP contribution is -2.30. The Morgan fingerprint density at radius 1 is 1.14 bits per heavy atom. The summed E-state index contributed by atoms with van der Waals surface area (Å²) in [5.74, 6) is -0.924. The fourth-order valence-corrected chi connectivity index (χ4v) is 3.79. The number of aromatic nitrogens is 1. The van der Waals surface area contributed by atoms with Crippen molar-refractivity contribution in [2.45, 2.75) is 54.5 Å². The average Bonchev–Trinajstić information content (AvgIpc) is 3.12. The van der Waals surface area contributed by atoms with Crippen molar-refractivity contribution in [2.24, 2.45) is 5.92 Å². The molecular formula is C28H36N4O4. The van der Waals surface area contributed by atoms with Gasteiger partial charge in [-0.3, -0.25) is 9.59 Å². The number of hydrogen-bond donors (Lipinski definition) is 1. The Bertz CT molecular complexity index is 1150. The van der Waals surface area contributed by atoms with Gasteiger partial charge in [0.15, 0.2) is 6.61 Å². The summed E-state index contributed by atoms with van der Waals surface area (Å²) >= 11 is 0. The summed E-state index contributed by atoms with van der Waals surface area (Å²) in [5, 5.41) is 12.1. The second kappa shape index (κ2) is 13.3. The molecule has 1 heterocycles. The standard InChI is InChI=1S/C28H36N4O4/c1-7-31(8-2)27(34)22-9-11-25(12-10-22)30-26(33)18-36-28(35)24(17-29)16-23-15-20(5)32(21(23)6)14-13-19(3)4/h9-12,15-16,19H,7-8,13-14,18H2,1-6H3,(H,30,33)/b24-16+. The third-order valence-electron chi connectivity index (χ3n) is 5.98. The van der Waals surface area contributed by atoms with Crippen molar-refractivity contribution in [1.29, 1.82) is 5.26 Å². The highest BCUT2D eigenvalue weighted by Gasteiger charge is 2.16. The van der Waals surface area contributed by atoms with Crippen LogP contribution in [0, 0.1) is 31.1 Å². The van der Waals surface area contributed by atoms with Crippen LogP contribution >= 0.6 is 0 Å². The van der Waals surface area contributed by atoms with Crippen molar-refractivity contribution in [2.75, 3.05) is 25.0 Å². The van der Waals surface area contributed by atoms with Crippen LogP contribution < -0.4 is 5.32 Å². The van der Waals surface area contributed by atoms with Gasteiger partial charge in [-0.15, -0.1) is 0 Å². The first-order chi connectivity index (χ1) is 17.1. The molecule has 0 aliphatic heterocycles. The molecule has 2 amide bonds. The Morgan fingerprint density at radius 3 is 2.33 bits per heavy atom. The highest BCUT2D eigenvalue weighted by molar-refractivity contribution is 6.00. The van der Waals surface area contributed by atoms with Crippen LogP contribution in [0.1, 0.15) is 61.4 Å². The van der Waals surface area contributed by atoms with Gasteiger partial charge < -0.3 is 19.5 Å². The third kappa shape index (κ3) is 7.57. The number of nitriles is 1. The number of carbonyl (C=O) groups excluding carboxylic acids is 3. The molecule has 0 radical (unpaired) electrons. The van der Waals surface area contributed by atoms with Crippen molar-refractivity contribution < 1.29 is 19.1 Å². The van der Waals surface area contributed by atoms with E-state index < -0.39 is 18.5 Å². The highest BCUT2D eigenvalue weighted by Crippen LogP contribution is 2.20. The Hall–Kier alpha value is -3.86. The summed E-state index contributed by atoms with van der Waals surface area (Å²) in [6, 6.07) is 10.3. The number of benzene rings is 1. The van der Waals surface area contributed by atoms with Gasteiger partial charge in [0.1, 0.15) is 11.6 Å². The van der Waals surface area contributed by atoms with E-state index in [-0.39, 0.29) is 11.5 Å². The van der Waals surface area contributed by atoms with Gasteiger partial charge in [-0.25, -0.2) is 4.79 Å². The molecule has 0 unspecified atom stereocenters. The summed E-state index contributed by atoms with van der Waals surface area (Å²) in [4.78, 5) is 38.8. The fraction of sp³-hybridized carbons (Fsp3) is 0.429. The maximum atomic E-state index is 12.5. The molecule has 8 heteroatoms. The Kier molecular flexibility index (Phi) is 10.5. The van der Waals surface area contributed by atoms with Gasteiger partial charge in [-0.05, 0) is 82.0 Å². The summed E-state index contributed by atoms with van der Waals surface area (Å²) in [6.45, 7) is 13.7. The Balaban J connectivity index is 1.99. The van der Waals surface area contributed by atoms with E-state index >= 15 is 0 Å². The molecule has 0 bridgehead atoms. The molecular weight excluding hydrogens is 456 g/mol. The smallest absolute Gasteiger partial charge is 0.349 e. The number of anilines is 1. The Morgan fingerprint density at radius 2 is 1.78 bits per heavy atom. The zero-order chi connectivity index (χ0) is 26.8. The molecule has 0 saturated carbocycles. The number of nitrogens with zero attached hydrogens (tertiary/aromatic N) is 3. The summed E-state index contributed by atoms with van der Waals surface area (Å²) in [7, 11) is 0. The predicted octanol–water partition coefficient (Wildman–Crippen LogP) is 4.72. The summed E-state index contributed by atoms with van der Waals surface area (Å²) in [6.07, 6.45) is 2.52. The molecule has 0 fully saturated rings. The molecule has 0 saturated heterocycles. The summed E-state index contributed by atoms with van der Waals surface area (Å²) in [5.41, 5.74) is 3.61.